The maximum Gasteiger partial charge on any atom is 0.255 e. The predicted octanol–water partition coefficient (Wildman–Crippen LogP) is 3.81. The van der Waals surface area contributed by atoms with Crippen molar-refractivity contribution in [1.82, 2.24) is 9.80 Å². The fourth-order valence-electron chi connectivity index (χ4n) is 2.84. The monoisotopic (exact) mass is 340 g/mol. The third-order valence-corrected chi connectivity index (χ3v) is 4.57. The fraction of sp³-hybridized carbons (Fsp3) is 0.250. The van der Waals surface area contributed by atoms with Gasteiger partial charge in [0, 0.05) is 32.7 Å². The molecule has 1 aliphatic heterocycles. The number of piperazine rings is 1. The van der Waals surface area contributed by atoms with Crippen LogP contribution in [0, 0.1) is 0 Å². The zero-order valence-corrected chi connectivity index (χ0v) is 14.3. The molecule has 1 heterocycles. The van der Waals surface area contributed by atoms with Crippen molar-refractivity contribution in [3.8, 4) is 0 Å². The van der Waals surface area contributed by atoms with Crippen LogP contribution in [0.5, 0.6) is 0 Å². The molecule has 4 heteroatoms. The first-order valence-electron chi connectivity index (χ1n) is 8.22. The van der Waals surface area contributed by atoms with Gasteiger partial charge in [-0.15, -0.1) is 0 Å². The van der Waals surface area contributed by atoms with Crippen molar-refractivity contribution < 1.29 is 4.79 Å². The molecular formula is C20H21ClN2O. The Morgan fingerprint density at radius 1 is 0.958 bits per heavy atom. The first kappa shape index (κ1) is 16.7. The molecule has 0 unspecified atom stereocenters. The van der Waals surface area contributed by atoms with Gasteiger partial charge in [0.05, 0.1) is 10.6 Å². The van der Waals surface area contributed by atoms with Crippen LogP contribution in [0.1, 0.15) is 15.9 Å². The summed E-state index contributed by atoms with van der Waals surface area (Å²) in [6.45, 7) is 4.15. The maximum absolute atomic E-state index is 12.5. The van der Waals surface area contributed by atoms with Gasteiger partial charge in [0.15, 0.2) is 0 Å². The maximum atomic E-state index is 12.5. The van der Waals surface area contributed by atoms with E-state index in [1.165, 1.54) is 5.56 Å². The number of hydrogen-bond donors (Lipinski definition) is 0. The number of carbonyl (C=O) groups is 1. The molecule has 0 saturated carbocycles. The van der Waals surface area contributed by atoms with Crippen LogP contribution in [-0.4, -0.2) is 48.4 Å². The van der Waals surface area contributed by atoms with Gasteiger partial charge in [-0.1, -0.05) is 66.2 Å². The van der Waals surface area contributed by atoms with Crippen LogP contribution in [0.4, 0.5) is 0 Å². The minimum absolute atomic E-state index is 0.0278. The number of amides is 1. The normalized spacial score (nSPS) is 15.8. The molecule has 124 valence electrons. The molecule has 0 aliphatic carbocycles. The highest BCUT2D eigenvalue weighted by Gasteiger charge is 2.22. The number of halogens is 1. The summed E-state index contributed by atoms with van der Waals surface area (Å²) in [5.74, 6) is 0.0278. The molecule has 1 fully saturated rings. The van der Waals surface area contributed by atoms with Crippen LogP contribution in [-0.2, 0) is 0 Å². The summed E-state index contributed by atoms with van der Waals surface area (Å²) in [7, 11) is 0. The Hall–Kier alpha value is -2.10. The molecule has 0 radical (unpaired) electrons. The fourth-order valence-corrected chi connectivity index (χ4v) is 3.06. The van der Waals surface area contributed by atoms with Gasteiger partial charge in [0.1, 0.15) is 0 Å². The van der Waals surface area contributed by atoms with Crippen LogP contribution in [0.15, 0.2) is 60.7 Å². The van der Waals surface area contributed by atoms with E-state index in [9.17, 15) is 4.79 Å². The topological polar surface area (TPSA) is 23.6 Å². The predicted molar refractivity (Wildman–Crippen MR) is 99.3 cm³/mol. The van der Waals surface area contributed by atoms with Gasteiger partial charge in [-0.3, -0.25) is 9.69 Å². The molecule has 0 N–H and O–H groups in total. The second-order valence-electron chi connectivity index (χ2n) is 5.89. The smallest absolute Gasteiger partial charge is 0.255 e. The molecule has 2 aromatic rings. The van der Waals surface area contributed by atoms with E-state index in [0.29, 0.717) is 10.6 Å². The van der Waals surface area contributed by atoms with Crippen molar-refractivity contribution in [2.75, 3.05) is 32.7 Å². The molecule has 1 amide bonds. The van der Waals surface area contributed by atoms with Crippen LogP contribution < -0.4 is 0 Å². The van der Waals surface area contributed by atoms with E-state index in [-0.39, 0.29) is 5.91 Å². The van der Waals surface area contributed by atoms with Crippen molar-refractivity contribution in [1.29, 1.82) is 0 Å². The summed E-state index contributed by atoms with van der Waals surface area (Å²) < 4.78 is 0. The Kier molecular flexibility index (Phi) is 5.68. The Morgan fingerprint density at radius 2 is 1.62 bits per heavy atom. The van der Waals surface area contributed by atoms with Crippen LogP contribution in [0.2, 0.25) is 5.02 Å². The summed E-state index contributed by atoms with van der Waals surface area (Å²) >= 11 is 6.13. The minimum atomic E-state index is 0.0278. The molecule has 0 atom stereocenters. The van der Waals surface area contributed by atoms with E-state index >= 15 is 0 Å². The highest BCUT2D eigenvalue weighted by Crippen LogP contribution is 2.18. The molecule has 3 nitrogen and oxygen atoms in total. The highest BCUT2D eigenvalue weighted by molar-refractivity contribution is 6.33. The quantitative estimate of drug-likeness (QED) is 0.845. The second kappa shape index (κ2) is 8.13. The zero-order valence-electron chi connectivity index (χ0n) is 13.6. The summed E-state index contributed by atoms with van der Waals surface area (Å²) in [6.07, 6.45) is 4.32. The number of hydrogen-bond acceptors (Lipinski definition) is 2. The van der Waals surface area contributed by atoms with Gasteiger partial charge >= 0.3 is 0 Å². The Morgan fingerprint density at radius 3 is 2.33 bits per heavy atom. The number of benzene rings is 2. The Labute approximate surface area is 148 Å². The average molecular weight is 341 g/mol. The van der Waals surface area contributed by atoms with Gasteiger partial charge < -0.3 is 4.90 Å². The number of nitrogens with zero attached hydrogens (tertiary/aromatic N) is 2. The SMILES string of the molecule is O=C(c1ccccc1Cl)N1CCN(CC=Cc2ccccc2)CC1. The van der Waals surface area contributed by atoms with E-state index in [4.69, 9.17) is 11.6 Å². The van der Waals surface area contributed by atoms with E-state index in [2.05, 4.69) is 29.2 Å². The van der Waals surface area contributed by atoms with E-state index in [1.54, 1.807) is 12.1 Å². The second-order valence-corrected chi connectivity index (χ2v) is 6.29. The lowest BCUT2D eigenvalue weighted by Gasteiger charge is -2.34. The molecule has 1 aliphatic rings. The highest BCUT2D eigenvalue weighted by atomic mass is 35.5. The lowest BCUT2D eigenvalue weighted by atomic mass is 10.1. The summed E-state index contributed by atoms with van der Waals surface area (Å²) in [4.78, 5) is 16.8. The van der Waals surface area contributed by atoms with Crippen molar-refractivity contribution in [3.63, 3.8) is 0 Å². The van der Waals surface area contributed by atoms with Gasteiger partial charge in [-0.2, -0.15) is 0 Å². The van der Waals surface area contributed by atoms with Crippen LogP contribution >= 0.6 is 11.6 Å². The third kappa shape index (κ3) is 4.25. The van der Waals surface area contributed by atoms with Crippen molar-refractivity contribution in [3.05, 3.63) is 76.8 Å². The molecular weight excluding hydrogens is 320 g/mol. The van der Waals surface area contributed by atoms with Crippen LogP contribution in [0.25, 0.3) is 6.08 Å². The summed E-state index contributed by atoms with van der Waals surface area (Å²) in [6, 6.07) is 17.5. The number of carbonyl (C=O) groups excluding carboxylic acids is 1. The van der Waals surface area contributed by atoms with Gasteiger partial charge in [-0.05, 0) is 17.7 Å². The van der Waals surface area contributed by atoms with Crippen molar-refractivity contribution in [2.24, 2.45) is 0 Å². The average Bonchev–Trinajstić information content (AvgIpc) is 2.63. The Bertz CT molecular complexity index is 707. The lowest BCUT2D eigenvalue weighted by Crippen LogP contribution is -2.48. The first-order chi connectivity index (χ1) is 11.7. The standard InChI is InChI=1S/C20H21ClN2O/c21-19-11-5-4-10-18(19)20(24)23-15-13-22(14-16-23)12-6-9-17-7-2-1-3-8-17/h1-11H,12-16H2. The van der Waals surface area contributed by atoms with E-state index in [0.717, 1.165) is 32.7 Å². The van der Waals surface area contributed by atoms with Gasteiger partial charge in [0.25, 0.3) is 5.91 Å². The molecule has 0 bridgehead atoms. The third-order valence-electron chi connectivity index (χ3n) is 4.24. The molecule has 2 aromatic carbocycles. The molecule has 0 aromatic heterocycles. The molecule has 3 rings (SSSR count). The van der Waals surface area contributed by atoms with Crippen molar-refractivity contribution >= 4 is 23.6 Å². The summed E-state index contributed by atoms with van der Waals surface area (Å²) in [5.41, 5.74) is 1.81. The summed E-state index contributed by atoms with van der Waals surface area (Å²) in [5, 5.41) is 0.524. The lowest BCUT2D eigenvalue weighted by molar-refractivity contribution is 0.0650. The zero-order chi connectivity index (χ0) is 16.8. The van der Waals surface area contributed by atoms with Gasteiger partial charge in [0.2, 0.25) is 0 Å². The van der Waals surface area contributed by atoms with E-state index < -0.39 is 0 Å². The van der Waals surface area contributed by atoms with Gasteiger partial charge in [-0.25, -0.2) is 0 Å². The van der Waals surface area contributed by atoms with E-state index in [1.807, 2.05) is 35.2 Å². The first-order valence-corrected chi connectivity index (χ1v) is 8.59. The minimum Gasteiger partial charge on any atom is -0.336 e. The molecule has 1 saturated heterocycles. The largest absolute Gasteiger partial charge is 0.336 e. The van der Waals surface area contributed by atoms with Crippen LogP contribution in [0.3, 0.4) is 0 Å². The molecule has 0 spiro atoms. The number of rotatable bonds is 4. The van der Waals surface area contributed by atoms with Crippen molar-refractivity contribution in [2.45, 2.75) is 0 Å². The molecule has 24 heavy (non-hydrogen) atoms. The Balaban J connectivity index is 1.50.